The summed E-state index contributed by atoms with van der Waals surface area (Å²) in [4.78, 5) is 6.84. The number of nitrogens with one attached hydrogen (secondary N) is 3. The van der Waals surface area contributed by atoms with Crippen molar-refractivity contribution in [1.82, 2.24) is 9.88 Å². The maximum absolute atomic E-state index is 8.21. The summed E-state index contributed by atoms with van der Waals surface area (Å²) in [7, 11) is 2.24. The Morgan fingerprint density at radius 3 is 2.89 bits per heavy atom. The van der Waals surface area contributed by atoms with Crippen LogP contribution in [0.2, 0.25) is 0 Å². The van der Waals surface area contributed by atoms with Crippen LogP contribution < -0.4 is 5.32 Å². The molecule has 1 aliphatic heterocycles. The third kappa shape index (κ3) is 4.85. The molecule has 3 N–H and O–H groups in total. The Labute approximate surface area is 176 Å². The number of benzene rings is 1. The van der Waals surface area contributed by atoms with Gasteiger partial charge in [-0.3, -0.25) is 5.41 Å². The lowest BCUT2D eigenvalue weighted by Crippen LogP contribution is -2.25. The molecule has 1 saturated heterocycles. The fourth-order valence-electron chi connectivity index (χ4n) is 3.76. The fraction of sp³-hybridized carbons (Fsp3) is 0.350. The summed E-state index contributed by atoms with van der Waals surface area (Å²) in [5, 5.41) is 14.7. The molecule has 0 radical (unpaired) electrons. The SMILES string of the molecule is CN1CCC[C@H]1CCc1c[nH]c2ccc(NC(=N)c3cccs3)cc12.Cl.Cl. The van der Waals surface area contributed by atoms with Gasteiger partial charge in [-0.25, -0.2) is 0 Å². The molecule has 2 aromatic heterocycles. The lowest BCUT2D eigenvalue weighted by molar-refractivity contribution is 0.297. The summed E-state index contributed by atoms with van der Waals surface area (Å²) in [6, 6.07) is 11.0. The van der Waals surface area contributed by atoms with Gasteiger partial charge in [-0.15, -0.1) is 36.2 Å². The van der Waals surface area contributed by atoms with Crippen LogP contribution in [0, 0.1) is 5.41 Å². The van der Waals surface area contributed by atoms with E-state index >= 15 is 0 Å². The van der Waals surface area contributed by atoms with Crippen LogP contribution in [0.5, 0.6) is 0 Å². The number of halogens is 2. The minimum Gasteiger partial charge on any atom is -0.361 e. The largest absolute Gasteiger partial charge is 0.361 e. The van der Waals surface area contributed by atoms with Crippen molar-refractivity contribution in [3.05, 3.63) is 52.3 Å². The first kappa shape index (κ1) is 21.8. The van der Waals surface area contributed by atoms with Crippen LogP contribution >= 0.6 is 36.2 Å². The predicted octanol–water partition coefficient (Wildman–Crippen LogP) is 5.54. The molecule has 1 atom stereocenters. The van der Waals surface area contributed by atoms with Crippen molar-refractivity contribution in [2.24, 2.45) is 0 Å². The van der Waals surface area contributed by atoms with E-state index in [4.69, 9.17) is 5.41 Å². The van der Waals surface area contributed by atoms with E-state index in [1.54, 1.807) is 11.3 Å². The number of aryl methyl sites for hydroxylation is 1. The predicted molar refractivity (Wildman–Crippen MR) is 122 cm³/mol. The van der Waals surface area contributed by atoms with Gasteiger partial charge in [-0.2, -0.15) is 0 Å². The molecule has 0 spiro atoms. The van der Waals surface area contributed by atoms with Gasteiger partial charge in [0, 0.05) is 28.8 Å². The lowest BCUT2D eigenvalue weighted by atomic mass is 10.0. The molecule has 0 aliphatic carbocycles. The van der Waals surface area contributed by atoms with Gasteiger partial charge in [0.05, 0.1) is 4.88 Å². The van der Waals surface area contributed by atoms with E-state index in [1.165, 1.54) is 42.3 Å². The third-order valence-electron chi connectivity index (χ3n) is 5.22. The van der Waals surface area contributed by atoms with E-state index in [-0.39, 0.29) is 24.8 Å². The standard InChI is InChI=1S/C20H24N4S.2ClH/c1-24-10-2-4-16(24)8-6-14-13-22-18-9-7-15(12-17(14)18)23-20(21)19-5-3-11-25-19;;/h3,5,7,9,11-13,16,22H,2,4,6,8,10H2,1H3,(H2,21,23);2*1H/t16-;;/m0../s1. The van der Waals surface area contributed by atoms with Crippen LogP contribution in [-0.4, -0.2) is 35.4 Å². The number of nitrogens with zero attached hydrogens (tertiary/aromatic N) is 1. The highest BCUT2D eigenvalue weighted by atomic mass is 35.5. The minimum absolute atomic E-state index is 0. The third-order valence-corrected chi connectivity index (χ3v) is 6.11. The van der Waals surface area contributed by atoms with Gasteiger partial charge in [0.2, 0.25) is 0 Å². The van der Waals surface area contributed by atoms with Crippen LogP contribution in [0.3, 0.4) is 0 Å². The monoisotopic (exact) mass is 424 g/mol. The van der Waals surface area contributed by atoms with Crippen molar-refractivity contribution in [3.8, 4) is 0 Å². The van der Waals surface area contributed by atoms with Crippen molar-refractivity contribution in [2.75, 3.05) is 18.9 Å². The maximum Gasteiger partial charge on any atom is 0.140 e. The summed E-state index contributed by atoms with van der Waals surface area (Å²) in [5.41, 5.74) is 3.52. The van der Waals surface area contributed by atoms with Crippen molar-refractivity contribution < 1.29 is 0 Å². The topological polar surface area (TPSA) is 54.9 Å². The van der Waals surface area contributed by atoms with E-state index in [2.05, 4.69) is 40.6 Å². The van der Waals surface area contributed by atoms with Gasteiger partial charge >= 0.3 is 0 Å². The molecule has 3 heterocycles. The Bertz CT molecular complexity index is 875. The summed E-state index contributed by atoms with van der Waals surface area (Å²) in [6.45, 7) is 1.23. The van der Waals surface area contributed by atoms with Gasteiger partial charge in [0.25, 0.3) is 0 Å². The van der Waals surface area contributed by atoms with Crippen LogP contribution in [0.1, 0.15) is 29.7 Å². The first-order valence-electron chi connectivity index (χ1n) is 8.90. The second-order valence-corrected chi connectivity index (χ2v) is 7.81. The molecular formula is C20H26Cl2N4S. The number of aromatic amines is 1. The molecule has 1 aliphatic rings. The number of aromatic nitrogens is 1. The normalized spacial score (nSPS) is 16.7. The van der Waals surface area contributed by atoms with Crippen LogP contribution in [0.25, 0.3) is 10.9 Å². The number of hydrogen-bond acceptors (Lipinski definition) is 3. The first-order chi connectivity index (χ1) is 12.2. The summed E-state index contributed by atoms with van der Waals surface area (Å²) >= 11 is 1.58. The molecule has 7 heteroatoms. The Morgan fingerprint density at radius 1 is 1.33 bits per heavy atom. The van der Waals surface area contributed by atoms with Crippen LogP contribution in [0.15, 0.2) is 41.9 Å². The average Bonchev–Trinajstić information content (AvgIpc) is 3.34. The smallest absolute Gasteiger partial charge is 0.140 e. The van der Waals surface area contributed by atoms with Crippen molar-refractivity contribution >= 4 is 58.6 Å². The lowest BCUT2D eigenvalue weighted by Gasteiger charge is -2.18. The molecule has 146 valence electrons. The molecule has 1 fully saturated rings. The van der Waals surface area contributed by atoms with Gasteiger partial charge in [-0.1, -0.05) is 6.07 Å². The number of rotatable bonds is 5. The highest BCUT2D eigenvalue weighted by Crippen LogP contribution is 2.26. The number of hydrogen-bond donors (Lipinski definition) is 3. The van der Waals surface area contributed by atoms with Crippen molar-refractivity contribution in [3.63, 3.8) is 0 Å². The number of anilines is 1. The highest BCUT2D eigenvalue weighted by Gasteiger charge is 2.20. The average molecular weight is 425 g/mol. The van der Waals surface area contributed by atoms with Crippen LogP contribution in [0.4, 0.5) is 5.69 Å². The molecule has 0 bridgehead atoms. The Balaban J connectivity index is 0.00000131. The zero-order chi connectivity index (χ0) is 17.2. The van der Waals surface area contributed by atoms with E-state index < -0.39 is 0 Å². The van der Waals surface area contributed by atoms with E-state index in [0.717, 1.165) is 23.0 Å². The van der Waals surface area contributed by atoms with Gasteiger partial charge < -0.3 is 15.2 Å². The number of H-pyrrole nitrogens is 1. The highest BCUT2D eigenvalue weighted by molar-refractivity contribution is 7.12. The maximum atomic E-state index is 8.21. The Kier molecular flexibility index (Phi) is 7.74. The van der Waals surface area contributed by atoms with E-state index in [0.29, 0.717) is 5.84 Å². The van der Waals surface area contributed by atoms with Crippen molar-refractivity contribution in [2.45, 2.75) is 31.7 Å². The zero-order valence-electron chi connectivity index (χ0n) is 15.3. The summed E-state index contributed by atoms with van der Waals surface area (Å²) in [5.74, 6) is 0.457. The molecule has 0 unspecified atom stereocenters. The first-order valence-corrected chi connectivity index (χ1v) is 9.78. The molecule has 0 amide bonds. The number of thiophene rings is 1. The van der Waals surface area contributed by atoms with Crippen molar-refractivity contribution in [1.29, 1.82) is 5.41 Å². The molecule has 1 aromatic carbocycles. The molecule has 4 rings (SSSR count). The number of amidine groups is 1. The van der Waals surface area contributed by atoms with Gasteiger partial charge in [-0.05, 0) is 74.5 Å². The number of likely N-dealkylation sites (tertiary alicyclic amines) is 1. The quantitative estimate of drug-likeness (QED) is 0.372. The molecule has 27 heavy (non-hydrogen) atoms. The Hall–Kier alpha value is -1.53. The van der Waals surface area contributed by atoms with E-state index in [9.17, 15) is 0 Å². The summed E-state index contributed by atoms with van der Waals surface area (Å²) in [6.07, 6.45) is 7.11. The molecular weight excluding hydrogens is 399 g/mol. The Morgan fingerprint density at radius 2 is 2.19 bits per heavy atom. The second kappa shape index (κ2) is 9.60. The van der Waals surface area contributed by atoms with Gasteiger partial charge in [0.15, 0.2) is 0 Å². The zero-order valence-corrected chi connectivity index (χ0v) is 17.8. The fourth-order valence-corrected chi connectivity index (χ4v) is 4.39. The number of fused-ring (bicyclic) bond motifs is 1. The minimum atomic E-state index is 0. The summed E-state index contributed by atoms with van der Waals surface area (Å²) < 4.78 is 0. The van der Waals surface area contributed by atoms with E-state index in [1.807, 2.05) is 23.6 Å². The van der Waals surface area contributed by atoms with Crippen LogP contribution in [-0.2, 0) is 6.42 Å². The molecule has 0 saturated carbocycles. The molecule has 3 aromatic rings. The second-order valence-electron chi connectivity index (χ2n) is 6.87. The van der Waals surface area contributed by atoms with Gasteiger partial charge in [0.1, 0.15) is 5.84 Å². The molecule has 4 nitrogen and oxygen atoms in total.